The Morgan fingerprint density at radius 2 is 1.67 bits per heavy atom. The molecule has 3 rings (SSSR count). The maximum absolute atomic E-state index is 5.55. The van der Waals surface area contributed by atoms with Crippen molar-refractivity contribution in [3.8, 4) is 11.1 Å². The lowest BCUT2D eigenvalue weighted by molar-refractivity contribution is 0.183. The fourth-order valence-electron chi connectivity index (χ4n) is 3.90. The van der Waals surface area contributed by atoms with Crippen LogP contribution in [-0.2, 0) is 30.6 Å². The Kier molecular flexibility index (Phi) is 5.73. The van der Waals surface area contributed by atoms with E-state index in [1.807, 2.05) is 7.11 Å². The number of benzene rings is 2. The Bertz CT molecular complexity index is 699. The van der Waals surface area contributed by atoms with Crippen LogP contribution >= 0.6 is 0 Å². The van der Waals surface area contributed by atoms with Crippen molar-refractivity contribution in [3.05, 3.63) is 58.1 Å². The molecular weight excluding hydrogens is 292 g/mol. The molecule has 0 amide bonds. The molecule has 0 aromatic heterocycles. The van der Waals surface area contributed by atoms with Crippen LogP contribution in [0.3, 0.4) is 0 Å². The summed E-state index contributed by atoms with van der Waals surface area (Å²) in [6, 6.07) is 11.8. The summed E-state index contributed by atoms with van der Waals surface area (Å²) in [6.45, 7) is 5.26. The van der Waals surface area contributed by atoms with Gasteiger partial charge < -0.3 is 4.74 Å². The molecule has 0 aliphatic heterocycles. The molecule has 0 heterocycles. The lowest BCUT2D eigenvalue weighted by Gasteiger charge is -2.14. The van der Waals surface area contributed by atoms with E-state index in [-0.39, 0.29) is 0 Å². The molecule has 2 aromatic rings. The van der Waals surface area contributed by atoms with E-state index in [9.17, 15) is 0 Å². The summed E-state index contributed by atoms with van der Waals surface area (Å²) in [6.07, 6.45) is 8.47. The molecule has 0 saturated carbocycles. The van der Waals surface area contributed by atoms with Crippen LogP contribution in [0.1, 0.15) is 67.3 Å². The number of ether oxygens (including phenoxy) is 1. The Hall–Kier alpha value is -1.60. The van der Waals surface area contributed by atoms with Crippen molar-refractivity contribution < 1.29 is 4.74 Å². The number of hydrogen-bond donors (Lipinski definition) is 0. The van der Waals surface area contributed by atoms with E-state index in [0.29, 0.717) is 0 Å². The molecule has 1 heteroatoms. The second-order valence-corrected chi connectivity index (χ2v) is 7.04. The lowest BCUT2D eigenvalue weighted by atomic mass is 9.94. The fourth-order valence-corrected chi connectivity index (χ4v) is 3.90. The minimum atomic E-state index is 0.735. The van der Waals surface area contributed by atoms with Gasteiger partial charge in [0.15, 0.2) is 0 Å². The van der Waals surface area contributed by atoms with Crippen LogP contribution in [0, 0.1) is 0 Å². The first-order chi connectivity index (χ1) is 11.8. The van der Waals surface area contributed by atoms with Gasteiger partial charge in [-0.25, -0.2) is 0 Å². The van der Waals surface area contributed by atoms with Gasteiger partial charge >= 0.3 is 0 Å². The molecule has 1 aliphatic rings. The van der Waals surface area contributed by atoms with Crippen molar-refractivity contribution in [2.24, 2.45) is 0 Å². The molecule has 0 fully saturated rings. The van der Waals surface area contributed by atoms with Gasteiger partial charge in [0.25, 0.3) is 0 Å². The van der Waals surface area contributed by atoms with Gasteiger partial charge in [-0.1, -0.05) is 57.0 Å². The molecule has 0 bridgehead atoms. The SMILES string of the molecule is CCCCc1ccc2c(c1)Cc1c-2ccc(CCCC)c1COC. The highest BCUT2D eigenvalue weighted by Gasteiger charge is 2.23. The summed E-state index contributed by atoms with van der Waals surface area (Å²) in [4.78, 5) is 0. The molecule has 128 valence electrons. The fraction of sp³-hybridized carbons (Fsp3) is 0.478. The number of unbranched alkanes of at least 4 members (excludes halogenated alkanes) is 2. The van der Waals surface area contributed by atoms with Gasteiger partial charge in [0.1, 0.15) is 0 Å². The molecule has 2 aromatic carbocycles. The smallest absolute Gasteiger partial charge is 0.0718 e. The van der Waals surface area contributed by atoms with Crippen molar-refractivity contribution in [2.75, 3.05) is 7.11 Å². The third kappa shape index (κ3) is 3.42. The summed E-state index contributed by atoms with van der Waals surface area (Å²) in [5.41, 5.74) is 10.3. The van der Waals surface area contributed by atoms with Crippen molar-refractivity contribution in [1.29, 1.82) is 0 Å². The average Bonchev–Trinajstić information content (AvgIpc) is 2.97. The van der Waals surface area contributed by atoms with E-state index in [4.69, 9.17) is 4.74 Å². The first-order valence-corrected chi connectivity index (χ1v) is 9.53. The minimum Gasteiger partial charge on any atom is -0.380 e. The van der Waals surface area contributed by atoms with Crippen LogP contribution < -0.4 is 0 Å². The highest BCUT2D eigenvalue weighted by Crippen LogP contribution is 2.40. The normalized spacial score (nSPS) is 12.3. The maximum atomic E-state index is 5.55. The minimum absolute atomic E-state index is 0.735. The highest BCUT2D eigenvalue weighted by molar-refractivity contribution is 5.78. The highest BCUT2D eigenvalue weighted by atomic mass is 16.5. The molecule has 0 N–H and O–H groups in total. The first-order valence-electron chi connectivity index (χ1n) is 9.53. The predicted molar refractivity (Wildman–Crippen MR) is 103 cm³/mol. The Balaban J connectivity index is 1.94. The third-order valence-electron chi connectivity index (χ3n) is 5.26. The summed E-state index contributed by atoms with van der Waals surface area (Å²) >= 11 is 0. The summed E-state index contributed by atoms with van der Waals surface area (Å²) in [7, 11) is 1.81. The van der Waals surface area contributed by atoms with Crippen molar-refractivity contribution in [1.82, 2.24) is 0 Å². The topological polar surface area (TPSA) is 9.23 Å². The molecule has 0 saturated heterocycles. The van der Waals surface area contributed by atoms with Gasteiger partial charge in [0.05, 0.1) is 6.61 Å². The van der Waals surface area contributed by atoms with E-state index in [1.165, 1.54) is 77.5 Å². The Morgan fingerprint density at radius 3 is 2.42 bits per heavy atom. The molecule has 0 unspecified atom stereocenters. The van der Waals surface area contributed by atoms with E-state index in [1.54, 1.807) is 0 Å². The van der Waals surface area contributed by atoms with E-state index < -0.39 is 0 Å². The molecule has 1 aliphatic carbocycles. The van der Waals surface area contributed by atoms with E-state index >= 15 is 0 Å². The zero-order valence-electron chi connectivity index (χ0n) is 15.5. The lowest BCUT2D eigenvalue weighted by Crippen LogP contribution is -2.01. The van der Waals surface area contributed by atoms with Crippen molar-refractivity contribution in [3.63, 3.8) is 0 Å². The van der Waals surface area contributed by atoms with Gasteiger partial charge in [0.2, 0.25) is 0 Å². The van der Waals surface area contributed by atoms with E-state index in [0.717, 1.165) is 13.0 Å². The zero-order chi connectivity index (χ0) is 16.9. The van der Waals surface area contributed by atoms with Gasteiger partial charge in [-0.15, -0.1) is 0 Å². The number of hydrogen-bond acceptors (Lipinski definition) is 1. The van der Waals surface area contributed by atoms with Crippen LogP contribution in [0.25, 0.3) is 11.1 Å². The number of methoxy groups -OCH3 is 1. The first kappa shape index (κ1) is 17.2. The molecule has 0 spiro atoms. The molecule has 0 atom stereocenters. The van der Waals surface area contributed by atoms with Crippen LogP contribution in [0.5, 0.6) is 0 Å². The predicted octanol–water partition coefficient (Wildman–Crippen LogP) is 6.09. The van der Waals surface area contributed by atoms with Crippen molar-refractivity contribution >= 4 is 0 Å². The number of rotatable bonds is 8. The summed E-state index contributed by atoms with van der Waals surface area (Å²) in [5.74, 6) is 0. The second-order valence-electron chi connectivity index (χ2n) is 7.04. The largest absolute Gasteiger partial charge is 0.380 e. The van der Waals surface area contributed by atoms with Crippen LogP contribution in [0.15, 0.2) is 30.3 Å². The zero-order valence-corrected chi connectivity index (χ0v) is 15.5. The maximum Gasteiger partial charge on any atom is 0.0718 e. The molecule has 1 nitrogen and oxygen atoms in total. The van der Waals surface area contributed by atoms with Crippen LogP contribution in [0.2, 0.25) is 0 Å². The van der Waals surface area contributed by atoms with Crippen LogP contribution in [0.4, 0.5) is 0 Å². The van der Waals surface area contributed by atoms with Gasteiger partial charge in [0, 0.05) is 7.11 Å². The number of aryl methyl sites for hydroxylation is 2. The number of fused-ring (bicyclic) bond motifs is 3. The summed E-state index contributed by atoms with van der Waals surface area (Å²) in [5, 5.41) is 0. The monoisotopic (exact) mass is 322 g/mol. The Labute approximate surface area is 147 Å². The van der Waals surface area contributed by atoms with Crippen molar-refractivity contribution in [2.45, 2.75) is 65.4 Å². The molecule has 24 heavy (non-hydrogen) atoms. The van der Waals surface area contributed by atoms with E-state index in [2.05, 4.69) is 44.2 Å². The summed E-state index contributed by atoms with van der Waals surface area (Å²) < 4.78 is 5.55. The standard InChI is InChI=1S/C23H30O/c1-4-6-8-17-10-12-20-19(14-17)15-22-21(20)13-11-18(9-7-5-2)23(22)16-24-3/h10-14H,4-9,15-16H2,1-3H3. The van der Waals surface area contributed by atoms with Crippen LogP contribution in [-0.4, -0.2) is 7.11 Å². The van der Waals surface area contributed by atoms with Gasteiger partial charge in [-0.05, 0) is 71.0 Å². The molecular formula is C23H30O. The van der Waals surface area contributed by atoms with Gasteiger partial charge in [-0.2, -0.15) is 0 Å². The average molecular weight is 322 g/mol. The molecule has 0 radical (unpaired) electrons. The van der Waals surface area contributed by atoms with Gasteiger partial charge in [-0.3, -0.25) is 0 Å². The Morgan fingerprint density at radius 1 is 0.917 bits per heavy atom. The second kappa shape index (κ2) is 7.98. The quantitative estimate of drug-likeness (QED) is 0.487. The third-order valence-corrected chi connectivity index (χ3v) is 5.26.